The zero-order valence-corrected chi connectivity index (χ0v) is 13.7. The van der Waals surface area contributed by atoms with Gasteiger partial charge in [-0.05, 0) is 32.9 Å². The van der Waals surface area contributed by atoms with Gasteiger partial charge in [-0.25, -0.2) is 8.91 Å². The second-order valence-corrected chi connectivity index (χ2v) is 6.26. The fraction of sp³-hybridized carbons (Fsp3) is 0.312. The Morgan fingerprint density at radius 1 is 1.50 bits per heavy atom. The van der Waals surface area contributed by atoms with Crippen molar-refractivity contribution in [3.63, 3.8) is 0 Å². The Balaban J connectivity index is 2.15. The average molecular weight is 330 g/mol. The number of primary amides is 1. The molecule has 0 saturated carbocycles. The van der Waals surface area contributed by atoms with E-state index in [9.17, 15) is 9.18 Å². The lowest BCUT2D eigenvalue weighted by Crippen LogP contribution is -2.36. The number of halogens is 1. The molecule has 1 amide bonds. The third kappa shape index (κ3) is 2.82. The summed E-state index contributed by atoms with van der Waals surface area (Å²) in [7, 11) is 0. The number of hydrogen-bond donors (Lipinski definition) is 3. The highest BCUT2D eigenvalue weighted by Gasteiger charge is 2.27. The molecule has 0 aromatic carbocycles. The standard InChI is InChI=1S/C16H19FN6O/c1-9(16(2,3)17)21-14-11(15(18)24)7-20-23-8-10(6-13(14)23)12-4-5-19-22-12/h4-9,21H,1-3H3,(H2,18,24)(H,19,22). The number of nitrogens with two attached hydrogens (primary N) is 1. The van der Waals surface area contributed by atoms with Crippen molar-refractivity contribution in [3.05, 3.63) is 36.3 Å². The molecule has 0 aliphatic rings. The molecule has 3 heterocycles. The quantitative estimate of drug-likeness (QED) is 0.668. The molecule has 3 aromatic rings. The number of hydrogen-bond acceptors (Lipinski definition) is 4. The van der Waals surface area contributed by atoms with Crippen LogP contribution in [0.3, 0.4) is 0 Å². The van der Waals surface area contributed by atoms with Crippen molar-refractivity contribution in [2.75, 3.05) is 5.32 Å². The molecule has 3 aromatic heterocycles. The predicted octanol–water partition coefficient (Wildman–Crippen LogP) is 2.37. The van der Waals surface area contributed by atoms with Crippen LogP contribution in [0.4, 0.5) is 10.1 Å². The number of carbonyl (C=O) groups is 1. The normalized spacial score (nSPS) is 13.2. The van der Waals surface area contributed by atoms with Crippen LogP contribution in [-0.4, -0.2) is 37.4 Å². The highest BCUT2D eigenvalue weighted by atomic mass is 19.1. The van der Waals surface area contributed by atoms with Crippen molar-refractivity contribution in [2.24, 2.45) is 5.73 Å². The summed E-state index contributed by atoms with van der Waals surface area (Å²) in [6, 6.07) is 3.13. The average Bonchev–Trinajstić information content (AvgIpc) is 3.15. The van der Waals surface area contributed by atoms with E-state index < -0.39 is 17.6 Å². The van der Waals surface area contributed by atoms with Crippen molar-refractivity contribution in [3.8, 4) is 11.3 Å². The van der Waals surface area contributed by atoms with Crippen molar-refractivity contribution in [1.29, 1.82) is 0 Å². The van der Waals surface area contributed by atoms with Crippen molar-refractivity contribution in [1.82, 2.24) is 19.8 Å². The van der Waals surface area contributed by atoms with E-state index in [0.717, 1.165) is 11.3 Å². The number of aromatic amines is 1. The molecule has 0 fully saturated rings. The summed E-state index contributed by atoms with van der Waals surface area (Å²) in [4.78, 5) is 11.8. The molecule has 7 nitrogen and oxygen atoms in total. The molecule has 1 unspecified atom stereocenters. The van der Waals surface area contributed by atoms with Gasteiger partial charge in [0, 0.05) is 18.0 Å². The van der Waals surface area contributed by atoms with Crippen LogP contribution < -0.4 is 11.1 Å². The molecule has 4 N–H and O–H groups in total. The molecule has 0 bridgehead atoms. The highest BCUT2D eigenvalue weighted by molar-refractivity contribution is 6.02. The van der Waals surface area contributed by atoms with Gasteiger partial charge in [-0.1, -0.05) is 0 Å². The molecule has 0 aliphatic heterocycles. The van der Waals surface area contributed by atoms with Gasteiger partial charge < -0.3 is 11.1 Å². The number of amides is 1. The minimum Gasteiger partial charge on any atom is -0.377 e. The van der Waals surface area contributed by atoms with Crippen LogP contribution in [0.2, 0.25) is 0 Å². The molecule has 0 radical (unpaired) electrons. The topological polar surface area (TPSA) is 101 Å². The Hall–Kier alpha value is -2.90. The number of carbonyl (C=O) groups excluding carboxylic acids is 1. The molecule has 0 saturated heterocycles. The molecule has 126 valence electrons. The summed E-state index contributed by atoms with van der Waals surface area (Å²) < 4.78 is 15.8. The van der Waals surface area contributed by atoms with E-state index >= 15 is 0 Å². The molecule has 0 spiro atoms. The lowest BCUT2D eigenvalue weighted by molar-refractivity contribution is 0.1000. The van der Waals surface area contributed by atoms with Crippen LogP contribution in [0.15, 0.2) is 30.7 Å². The summed E-state index contributed by atoms with van der Waals surface area (Å²) in [5, 5.41) is 14.1. The summed E-state index contributed by atoms with van der Waals surface area (Å²) >= 11 is 0. The summed E-state index contributed by atoms with van der Waals surface area (Å²) in [6.07, 6.45) is 4.82. The van der Waals surface area contributed by atoms with Crippen LogP contribution >= 0.6 is 0 Å². The first-order valence-electron chi connectivity index (χ1n) is 7.54. The molecule has 3 rings (SSSR count). The van der Waals surface area contributed by atoms with Gasteiger partial charge in [-0.15, -0.1) is 0 Å². The van der Waals surface area contributed by atoms with Gasteiger partial charge >= 0.3 is 0 Å². The second-order valence-electron chi connectivity index (χ2n) is 6.26. The van der Waals surface area contributed by atoms with E-state index in [-0.39, 0.29) is 5.56 Å². The van der Waals surface area contributed by atoms with Crippen LogP contribution in [-0.2, 0) is 0 Å². The minimum atomic E-state index is -1.48. The molecular weight excluding hydrogens is 311 g/mol. The first-order chi connectivity index (χ1) is 11.3. The summed E-state index contributed by atoms with van der Waals surface area (Å²) in [6.45, 7) is 4.66. The number of rotatable bonds is 5. The van der Waals surface area contributed by atoms with Crippen molar-refractivity contribution < 1.29 is 9.18 Å². The zero-order chi connectivity index (χ0) is 17.5. The molecule has 1 atom stereocenters. The Kier molecular flexibility index (Phi) is 3.75. The maximum atomic E-state index is 14.2. The number of H-pyrrole nitrogens is 1. The minimum absolute atomic E-state index is 0.216. The Morgan fingerprint density at radius 3 is 2.83 bits per heavy atom. The maximum absolute atomic E-state index is 14.2. The molecular formula is C16H19FN6O. The highest BCUT2D eigenvalue weighted by Crippen LogP contribution is 2.29. The van der Waals surface area contributed by atoms with E-state index in [1.807, 2.05) is 12.1 Å². The van der Waals surface area contributed by atoms with Gasteiger partial charge in [0.25, 0.3) is 5.91 Å². The SMILES string of the molecule is CC(Nc1c(C(N)=O)cnn2cc(-c3ccn[nH]3)cc12)C(C)(C)F. The van der Waals surface area contributed by atoms with E-state index in [1.54, 1.807) is 23.8 Å². The lowest BCUT2D eigenvalue weighted by Gasteiger charge is -2.26. The third-order valence-electron chi connectivity index (χ3n) is 4.10. The number of nitrogens with zero attached hydrogens (tertiary/aromatic N) is 3. The molecule has 8 heteroatoms. The van der Waals surface area contributed by atoms with Gasteiger partial charge in [-0.3, -0.25) is 9.89 Å². The Morgan fingerprint density at radius 2 is 2.25 bits per heavy atom. The lowest BCUT2D eigenvalue weighted by atomic mass is 10.0. The first-order valence-corrected chi connectivity index (χ1v) is 7.54. The van der Waals surface area contributed by atoms with Gasteiger partial charge in [0.1, 0.15) is 5.67 Å². The predicted molar refractivity (Wildman–Crippen MR) is 89.6 cm³/mol. The molecule has 0 aliphatic carbocycles. The Labute approximate surface area is 138 Å². The Bertz CT molecular complexity index is 878. The van der Waals surface area contributed by atoms with Crippen LogP contribution in [0.5, 0.6) is 0 Å². The molecule has 24 heavy (non-hydrogen) atoms. The zero-order valence-electron chi connectivity index (χ0n) is 13.7. The van der Waals surface area contributed by atoms with E-state index in [4.69, 9.17) is 5.73 Å². The number of anilines is 1. The monoisotopic (exact) mass is 330 g/mol. The number of alkyl halides is 1. The largest absolute Gasteiger partial charge is 0.377 e. The first kappa shape index (κ1) is 16.0. The van der Waals surface area contributed by atoms with Crippen molar-refractivity contribution >= 4 is 17.1 Å². The van der Waals surface area contributed by atoms with Gasteiger partial charge in [0.05, 0.1) is 34.7 Å². The van der Waals surface area contributed by atoms with Gasteiger partial charge in [-0.2, -0.15) is 10.2 Å². The van der Waals surface area contributed by atoms with E-state index in [0.29, 0.717) is 11.2 Å². The summed E-state index contributed by atoms with van der Waals surface area (Å²) in [5.41, 5.74) is 6.94. The third-order valence-corrected chi connectivity index (χ3v) is 4.10. The summed E-state index contributed by atoms with van der Waals surface area (Å²) in [5.74, 6) is -0.624. The van der Waals surface area contributed by atoms with E-state index in [2.05, 4.69) is 20.6 Å². The maximum Gasteiger partial charge on any atom is 0.252 e. The smallest absolute Gasteiger partial charge is 0.252 e. The number of nitrogens with one attached hydrogen (secondary N) is 2. The van der Waals surface area contributed by atoms with Crippen LogP contribution in [0.25, 0.3) is 16.8 Å². The number of aromatic nitrogens is 4. The van der Waals surface area contributed by atoms with E-state index in [1.165, 1.54) is 20.0 Å². The van der Waals surface area contributed by atoms with Crippen molar-refractivity contribution in [2.45, 2.75) is 32.5 Å². The number of fused-ring (bicyclic) bond motifs is 1. The second kappa shape index (κ2) is 5.63. The van der Waals surface area contributed by atoms with Crippen LogP contribution in [0, 0.1) is 0 Å². The van der Waals surface area contributed by atoms with Crippen LogP contribution in [0.1, 0.15) is 31.1 Å². The van der Waals surface area contributed by atoms with Gasteiger partial charge in [0.15, 0.2) is 0 Å². The fourth-order valence-electron chi connectivity index (χ4n) is 2.35. The fourth-order valence-corrected chi connectivity index (χ4v) is 2.35. The van der Waals surface area contributed by atoms with Gasteiger partial charge in [0.2, 0.25) is 0 Å².